The summed E-state index contributed by atoms with van der Waals surface area (Å²) in [6, 6.07) is 16.4. The van der Waals surface area contributed by atoms with Crippen LogP contribution < -0.4 is 4.72 Å². The summed E-state index contributed by atoms with van der Waals surface area (Å²) in [5.74, 6) is 0.913. The lowest BCUT2D eigenvalue weighted by Crippen LogP contribution is -2.09. The molecule has 2 aromatic rings. The Morgan fingerprint density at radius 1 is 0.957 bits per heavy atom. The molecule has 0 radical (unpaired) electrons. The molecule has 0 spiro atoms. The van der Waals surface area contributed by atoms with Gasteiger partial charge in [-0.2, -0.15) is 0 Å². The van der Waals surface area contributed by atoms with Crippen molar-refractivity contribution in [2.24, 2.45) is 0 Å². The number of sulfonamides is 1. The van der Waals surface area contributed by atoms with E-state index in [-0.39, 0.29) is 0 Å². The van der Waals surface area contributed by atoms with Crippen molar-refractivity contribution in [3.8, 4) is 0 Å². The fourth-order valence-corrected chi connectivity index (χ4v) is 3.21. The SMILES string of the molecule is CC(C)c1cccc(CC(C)c2ccc(NS(C)(=O)=O)cc2)c1. The lowest BCUT2D eigenvalue weighted by molar-refractivity contribution is 0.607. The van der Waals surface area contributed by atoms with Gasteiger partial charge in [-0.3, -0.25) is 4.72 Å². The van der Waals surface area contributed by atoms with Crippen molar-refractivity contribution in [2.75, 3.05) is 11.0 Å². The predicted octanol–water partition coefficient (Wildman–Crippen LogP) is 4.53. The molecule has 0 saturated heterocycles. The average Bonchev–Trinajstić information content (AvgIpc) is 2.46. The average molecular weight is 331 g/mol. The highest BCUT2D eigenvalue weighted by molar-refractivity contribution is 7.92. The molecule has 0 fully saturated rings. The molecular weight excluding hydrogens is 306 g/mol. The summed E-state index contributed by atoms with van der Waals surface area (Å²) >= 11 is 0. The summed E-state index contributed by atoms with van der Waals surface area (Å²) in [7, 11) is -3.22. The predicted molar refractivity (Wildman–Crippen MR) is 97.6 cm³/mol. The Bertz CT molecular complexity index is 749. The molecule has 124 valence electrons. The van der Waals surface area contributed by atoms with Gasteiger partial charge in [0.1, 0.15) is 0 Å². The van der Waals surface area contributed by atoms with Gasteiger partial charge in [0.05, 0.1) is 6.26 Å². The van der Waals surface area contributed by atoms with Crippen molar-refractivity contribution in [3.05, 3.63) is 65.2 Å². The van der Waals surface area contributed by atoms with Crippen molar-refractivity contribution in [3.63, 3.8) is 0 Å². The summed E-state index contributed by atoms with van der Waals surface area (Å²) in [5.41, 5.74) is 4.51. The van der Waals surface area contributed by atoms with Gasteiger partial charge in [0, 0.05) is 5.69 Å². The topological polar surface area (TPSA) is 46.2 Å². The van der Waals surface area contributed by atoms with Crippen LogP contribution in [0.25, 0.3) is 0 Å². The molecule has 1 N–H and O–H groups in total. The van der Waals surface area contributed by atoms with Gasteiger partial charge >= 0.3 is 0 Å². The van der Waals surface area contributed by atoms with Crippen LogP contribution in [0.1, 0.15) is 49.3 Å². The van der Waals surface area contributed by atoms with Crippen LogP contribution in [-0.2, 0) is 16.4 Å². The van der Waals surface area contributed by atoms with E-state index in [4.69, 9.17) is 0 Å². The molecule has 23 heavy (non-hydrogen) atoms. The number of rotatable bonds is 6. The molecule has 0 bridgehead atoms. The molecule has 0 saturated carbocycles. The van der Waals surface area contributed by atoms with Crippen LogP contribution >= 0.6 is 0 Å². The maximum absolute atomic E-state index is 11.2. The van der Waals surface area contributed by atoms with E-state index in [1.54, 1.807) is 0 Å². The number of nitrogens with one attached hydrogen (secondary N) is 1. The number of hydrogen-bond acceptors (Lipinski definition) is 2. The van der Waals surface area contributed by atoms with Gasteiger partial charge in [-0.05, 0) is 47.1 Å². The molecule has 4 heteroatoms. The summed E-state index contributed by atoms with van der Waals surface area (Å²) < 4.78 is 25.0. The van der Waals surface area contributed by atoms with Crippen LogP contribution in [-0.4, -0.2) is 14.7 Å². The molecule has 0 heterocycles. The highest BCUT2D eigenvalue weighted by Gasteiger charge is 2.09. The molecule has 2 rings (SSSR count). The van der Waals surface area contributed by atoms with Crippen LogP contribution in [0.4, 0.5) is 5.69 Å². The van der Waals surface area contributed by atoms with Gasteiger partial charge in [0.15, 0.2) is 0 Å². The quantitative estimate of drug-likeness (QED) is 0.845. The van der Waals surface area contributed by atoms with Gasteiger partial charge in [0.2, 0.25) is 10.0 Å². The Morgan fingerprint density at radius 2 is 1.61 bits per heavy atom. The highest BCUT2D eigenvalue weighted by Crippen LogP contribution is 2.24. The fraction of sp³-hybridized carbons (Fsp3) is 0.368. The van der Waals surface area contributed by atoms with Crippen LogP contribution in [0.3, 0.4) is 0 Å². The van der Waals surface area contributed by atoms with Crippen LogP contribution in [0.15, 0.2) is 48.5 Å². The van der Waals surface area contributed by atoms with Gasteiger partial charge in [-0.15, -0.1) is 0 Å². The highest BCUT2D eigenvalue weighted by atomic mass is 32.2. The summed E-state index contributed by atoms with van der Waals surface area (Å²) in [6.45, 7) is 6.60. The maximum atomic E-state index is 11.2. The van der Waals surface area contributed by atoms with E-state index >= 15 is 0 Å². The third-order valence-electron chi connectivity index (χ3n) is 3.94. The second-order valence-electron chi connectivity index (χ2n) is 6.50. The van der Waals surface area contributed by atoms with Crippen molar-refractivity contribution in [2.45, 2.75) is 39.0 Å². The molecular formula is C19H25NO2S. The van der Waals surface area contributed by atoms with E-state index in [1.165, 1.54) is 16.7 Å². The molecule has 0 aliphatic carbocycles. The number of benzene rings is 2. The third kappa shape index (κ3) is 5.39. The zero-order valence-electron chi connectivity index (χ0n) is 14.2. The third-order valence-corrected chi connectivity index (χ3v) is 4.55. The minimum absolute atomic E-state index is 0.379. The minimum Gasteiger partial charge on any atom is -0.284 e. The summed E-state index contributed by atoms with van der Waals surface area (Å²) in [6.07, 6.45) is 2.13. The van der Waals surface area contributed by atoms with Crippen molar-refractivity contribution < 1.29 is 8.42 Å². The molecule has 3 nitrogen and oxygen atoms in total. The zero-order chi connectivity index (χ0) is 17.0. The number of anilines is 1. The largest absolute Gasteiger partial charge is 0.284 e. The monoisotopic (exact) mass is 331 g/mol. The van der Waals surface area contributed by atoms with Gasteiger partial charge in [-0.25, -0.2) is 8.42 Å². The smallest absolute Gasteiger partial charge is 0.229 e. The lowest BCUT2D eigenvalue weighted by atomic mass is 9.91. The van der Waals surface area contributed by atoms with Crippen molar-refractivity contribution in [1.82, 2.24) is 0 Å². The Labute approximate surface area is 139 Å². The van der Waals surface area contributed by atoms with Gasteiger partial charge < -0.3 is 0 Å². The van der Waals surface area contributed by atoms with Crippen LogP contribution in [0, 0.1) is 0 Å². The van der Waals surface area contributed by atoms with E-state index < -0.39 is 10.0 Å². The van der Waals surface area contributed by atoms with Gasteiger partial charge in [0.25, 0.3) is 0 Å². The molecule has 2 aromatic carbocycles. The zero-order valence-corrected chi connectivity index (χ0v) is 15.0. The first-order chi connectivity index (χ1) is 10.7. The molecule has 1 atom stereocenters. The second-order valence-corrected chi connectivity index (χ2v) is 8.25. The molecule has 0 amide bonds. The van der Waals surface area contributed by atoms with E-state index in [1.807, 2.05) is 24.3 Å². The Morgan fingerprint density at radius 3 is 2.17 bits per heavy atom. The van der Waals surface area contributed by atoms with Gasteiger partial charge in [-0.1, -0.05) is 57.2 Å². The lowest BCUT2D eigenvalue weighted by Gasteiger charge is -2.14. The molecule has 0 aromatic heterocycles. The van der Waals surface area contributed by atoms with Crippen molar-refractivity contribution >= 4 is 15.7 Å². The first-order valence-corrected chi connectivity index (χ1v) is 9.80. The van der Waals surface area contributed by atoms with Crippen LogP contribution in [0.2, 0.25) is 0 Å². The Hall–Kier alpha value is -1.81. The Kier molecular flexibility index (Phi) is 5.47. The summed E-state index contributed by atoms with van der Waals surface area (Å²) in [4.78, 5) is 0. The standard InChI is InChI=1S/C19H25NO2S/c1-14(2)18-7-5-6-16(13-18)12-15(3)17-8-10-19(11-9-17)20-23(4,21)22/h5-11,13-15,20H,12H2,1-4H3. The van der Waals surface area contributed by atoms with E-state index in [0.717, 1.165) is 12.7 Å². The molecule has 0 aliphatic rings. The first kappa shape index (κ1) is 17.5. The van der Waals surface area contributed by atoms with E-state index in [9.17, 15) is 8.42 Å². The fourth-order valence-electron chi connectivity index (χ4n) is 2.64. The normalized spacial score (nSPS) is 13.1. The maximum Gasteiger partial charge on any atom is 0.229 e. The first-order valence-electron chi connectivity index (χ1n) is 7.91. The minimum atomic E-state index is -3.22. The Balaban J connectivity index is 2.08. The second kappa shape index (κ2) is 7.18. The number of hydrogen-bond donors (Lipinski definition) is 1. The van der Waals surface area contributed by atoms with E-state index in [2.05, 4.69) is 49.8 Å². The van der Waals surface area contributed by atoms with Crippen LogP contribution in [0.5, 0.6) is 0 Å². The molecule has 0 aliphatic heterocycles. The summed E-state index contributed by atoms with van der Waals surface area (Å²) in [5, 5.41) is 0. The van der Waals surface area contributed by atoms with Crippen molar-refractivity contribution in [1.29, 1.82) is 0 Å². The van der Waals surface area contributed by atoms with E-state index in [0.29, 0.717) is 17.5 Å². The molecule has 1 unspecified atom stereocenters.